The van der Waals surface area contributed by atoms with Crippen molar-refractivity contribution in [1.82, 2.24) is 5.32 Å². The topological polar surface area (TPSA) is 12.0 Å². The maximum Gasteiger partial charge on any atom is 0.00672 e. The SMILES string of the molecule is CCC1(CNC2CCCCCCCCCCC2)CCC1. The standard InChI is InChI=1S/C19H37N/c1-2-19(15-12-16-19)17-20-18-13-10-8-6-4-3-5-7-9-11-14-18/h18,20H,2-17H2,1H3. The predicted molar refractivity (Wildman–Crippen MR) is 89.2 cm³/mol. The van der Waals surface area contributed by atoms with Crippen LogP contribution < -0.4 is 5.32 Å². The van der Waals surface area contributed by atoms with E-state index < -0.39 is 0 Å². The van der Waals surface area contributed by atoms with Gasteiger partial charge < -0.3 is 5.32 Å². The molecule has 0 heterocycles. The highest BCUT2D eigenvalue weighted by Crippen LogP contribution is 2.43. The largest absolute Gasteiger partial charge is 0.313 e. The van der Waals surface area contributed by atoms with E-state index in [0.29, 0.717) is 5.41 Å². The van der Waals surface area contributed by atoms with Crippen molar-refractivity contribution in [2.75, 3.05) is 6.54 Å². The molecule has 1 nitrogen and oxygen atoms in total. The van der Waals surface area contributed by atoms with Crippen LogP contribution in [0, 0.1) is 5.41 Å². The Hall–Kier alpha value is -0.0400. The molecule has 1 heteroatoms. The summed E-state index contributed by atoms with van der Waals surface area (Å²) in [5, 5.41) is 3.97. The summed E-state index contributed by atoms with van der Waals surface area (Å²) < 4.78 is 0. The Morgan fingerprint density at radius 2 is 1.25 bits per heavy atom. The third kappa shape index (κ3) is 5.39. The van der Waals surface area contributed by atoms with Gasteiger partial charge in [0, 0.05) is 12.6 Å². The summed E-state index contributed by atoms with van der Waals surface area (Å²) in [5.74, 6) is 0. The molecule has 0 radical (unpaired) electrons. The molecule has 0 aliphatic heterocycles. The molecule has 2 saturated carbocycles. The molecule has 0 aromatic carbocycles. The van der Waals surface area contributed by atoms with E-state index >= 15 is 0 Å². The molecule has 0 bridgehead atoms. The lowest BCUT2D eigenvalue weighted by molar-refractivity contribution is 0.117. The molecule has 0 atom stereocenters. The third-order valence-corrected chi connectivity index (χ3v) is 6.04. The van der Waals surface area contributed by atoms with E-state index in [-0.39, 0.29) is 0 Å². The summed E-state index contributed by atoms with van der Waals surface area (Å²) in [7, 11) is 0. The van der Waals surface area contributed by atoms with Gasteiger partial charge in [-0.1, -0.05) is 71.1 Å². The van der Waals surface area contributed by atoms with Crippen LogP contribution in [0.25, 0.3) is 0 Å². The molecule has 0 spiro atoms. The van der Waals surface area contributed by atoms with Gasteiger partial charge in [0.05, 0.1) is 0 Å². The van der Waals surface area contributed by atoms with Crippen molar-refractivity contribution < 1.29 is 0 Å². The van der Waals surface area contributed by atoms with Crippen molar-refractivity contribution >= 4 is 0 Å². The molecule has 2 aliphatic rings. The van der Waals surface area contributed by atoms with Crippen LogP contribution in [0.5, 0.6) is 0 Å². The van der Waals surface area contributed by atoms with Gasteiger partial charge in [0.15, 0.2) is 0 Å². The highest BCUT2D eigenvalue weighted by atomic mass is 14.9. The monoisotopic (exact) mass is 279 g/mol. The zero-order chi connectivity index (χ0) is 14.1. The van der Waals surface area contributed by atoms with Gasteiger partial charge in [-0.2, -0.15) is 0 Å². The summed E-state index contributed by atoms with van der Waals surface area (Å²) in [6.45, 7) is 3.69. The minimum absolute atomic E-state index is 0.684. The Labute approximate surface area is 127 Å². The maximum absolute atomic E-state index is 3.97. The minimum Gasteiger partial charge on any atom is -0.313 e. The van der Waals surface area contributed by atoms with Crippen molar-refractivity contribution in [1.29, 1.82) is 0 Å². The lowest BCUT2D eigenvalue weighted by Crippen LogP contribution is -2.43. The summed E-state index contributed by atoms with van der Waals surface area (Å²) >= 11 is 0. The summed E-state index contributed by atoms with van der Waals surface area (Å²) in [6, 6.07) is 0.818. The molecule has 0 aromatic rings. The second kappa shape index (κ2) is 9.07. The Kier molecular flexibility index (Phi) is 7.41. The number of nitrogens with one attached hydrogen (secondary N) is 1. The van der Waals surface area contributed by atoms with Gasteiger partial charge in [-0.3, -0.25) is 0 Å². The molecule has 0 aromatic heterocycles. The lowest BCUT2D eigenvalue weighted by Gasteiger charge is -2.42. The number of hydrogen-bond acceptors (Lipinski definition) is 1. The molecular weight excluding hydrogens is 242 g/mol. The number of hydrogen-bond donors (Lipinski definition) is 1. The molecular formula is C19H37N. The number of rotatable bonds is 4. The fourth-order valence-electron chi connectivity index (χ4n) is 4.06. The molecule has 0 unspecified atom stereocenters. The van der Waals surface area contributed by atoms with E-state index in [1.807, 2.05) is 0 Å². The molecule has 2 fully saturated rings. The first-order valence-electron chi connectivity index (χ1n) is 9.58. The lowest BCUT2D eigenvalue weighted by atomic mass is 9.67. The first-order valence-corrected chi connectivity index (χ1v) is 9.58. The normalized spacial score (nSPS) is 26.2. The van der Waals surface area contributed by atoms with Crippen LogP contribution in [0.1, 0.15) is 103 Å². The molecule has 2 aliphatic carbocycles. The van der Waals surface area contributed by atoms with Gasteiger partial charge in [-0.05, 0) is 37.5 Å². The van der Waals surface area contributed by atoms with Crippen LogP contribution >= 0.6 is 0 Å². The average molecular weight is 280 g/mol. The van der Waals surface area contributed by atoms with Gasteiger partial charge in [-0.15, -0.1) is 0 Å². The van der Waals surface area contributed by atoms with E-state index in [9.17, 15) is 0 Å². The van der Waals surface area contributed by atoms with E-state index in [1.54, 1.807) is 0 Å². The molecule has 0 saturated heterocycles. The highest BCUT2D eigenvalue weighted by molar-refractivity contribution is 4.89. The first-order chi connectivity index (χ1) is 9.85. The van der Waals surface area contributed by atoms with Crippen LogP contribution in [0.15, 0.2) is 0 Å². The van der Waals surface area contributed by atoms with Crippen LogP contribution in [-0.4, -0.2) is 12.6 Å². The van der Waals surface area contributed by atoms with Crippen molar-refractivity contribution in [3.8, 4) is 0 Å². The van der Waals surface area contributed by atoms with Crippen LogP contribution in [-0.2, 0) is 0 Å². The van der Waals surface area contributed by atoms with Crippen molar-refractivity contribution in [3.63, 3.8) is 0 Å². The quantitative estimate of drug-likeness (QED) is 0.682. The van der Waals surface area contributed by atoms with Gasteiger partial charge in [0.2, 0.25) is 0 Å². The third-order valence-electron chi connectivity index (χ3n) is 6.04. The summed E-state index contributed by atoms with van der Waals surface area (Å²) in [5.41, 5.74) is 0.684. The van der Waals surface area contributed by atoms with Crippen LogP contribution in [0.4, 0.5) is 0 Å². The minimum atomic E-state index is 0.684. The van der Waals surface area contributed by atoms with Gasteiger partial charge in [0.25, 0.3) is 0 Å². The van der Waals surface area contributed by atoms with E-state index in [2.05, 4.69) is 12.2 Å². The molecule has 0 amide bonds. The van der Waals surface area contributed by atoms with Crippen molar-refractivity contribution in [3.05, 3.63) is 0 Å². The predicted octanol–water partition coefficient (Wildman–Crippen LogP) is 5.83. The van der Waals surface area contributed by atoms with Gasteiger partial charge in [-0.25, -0.2) is 0 Å². The smallest absolute Gasteiger partial charge is 0.00672 e. The van der Waals surface area contributed by atoms with E-state index in [4.69, 9.17) is 0 Å². The molecule has 2 rings (SSSR count). The molecule has 118 valence electrons. The van der Waals surface area contributed by atoms with Crippen molar-refractivity contribution in [2.24, 2.45) is 5.41 Å². The highest BCUT2D eigenvalue weighted by Gasteiger charge is 2.34. The average Bonchev–Trinajstić information content (AvgIpc) is 2.40. The summed E-state index contributed by atoms with van der Waals surface area (Å²) in [4.78, 5) is 0. The van der Waals surface area contributed by atoms with Crippen molar-refractivity contribution in [2.45, 2.75) is 109 Å². The van der Waals surface area contributed by atoms with Gasteiger partial charge >= 0.3 is 0 Å². The van der Waals surface area contributed by atoms with Crippen LogP contribution in [0.2, 0.25) is 0 Å². The second-order valence-corrected chi connectivity index (χ2v) is 7.54. The fraction of sp³-hybridized carbons (Fsp3) is 1.00. The second-order valence-electron chi connectivity index (χ2n) is 7.54. The van der Waals surface area contributed by atoms with Crippen LogP contribution in [0.3, 0.4) is 0 Å². The maximum atomic E-state index is 3.97. The zero-order valence-corrected chi connectivity index (χ0v) is 13.9. The Balaban J connectivity index is 1.71. The Morgan fingerprint density at radius 1 is 0.750 bits per heavy atom. The fourth-order valence-corrected chi connectivity index (χ4v) is 4.06. The summed E-state index contributed by atoms with van der Waals surface area (Å²) in [6.07, 6.45) is 21.9. The zero-order valence-electron chi connectivity index (χ0n) is 13.9. The Morgan fingerprint density at radius 3 is 1.65 bits per heavy atom. The molecule has 1 N–H and O–H groups in total. The van der Waals surface area contributed by atoms with Gasteiger partial charge in [0.1, 0.15) is 0 Å². The molecule has 20 heavy (non-hydrogen) atoms. The first kappa shape index (κ1) is 16.3. The van der Waals surface area contributed by atoms with E-state index in [0.717, 1.165) is 6.04 Å². The van der Waals surface area contributed by atoms with E-state index in [1.165, 1.54) is 103 Å². The Bertz CT molecular complexity index is 227.